The molecule has 2 saturated heterocycles. The summed E-state index contributed by atoms with van der Waals surface area (Å²) in [5, 5.41) is 16.8. The van der Waals surface area contributed by atoms with Gasteiger partial charge >= 0.3 is 0 Å². The minimum absolute atomic E-state index is 0.0298. The van der Waals surface area contributed by atoms with E-state index < -0.39 is 33.1 Å². The normalized spacial score (nSPS) is 22.3. The van der Waals surface area contributed by atoms with Crippen molar-refractivity contribution >= 4 is 32.6 Å². The fourth-order valence-corrected chi connectivity index (χ4v) is 6.44. The molecular formula is C21H26F2N6O5S2. The highest BCUT2D eigenvalue weighted by Crippen LogP contribution is 2.35. The van der Waals surface area contributed by atoms with Crippen LogP contribution in [-0.2, 0) is 19.5 Å². The summed E-state index contributed by atoms with van der Waals surface area (Å²) in [4.78, 5) is 6.37. The fraction of sp³-hybridized carbons (Fsp3) is 0.571. The first-order valence-corrected chi connectivity index (χ1v) is 13.7. The molecule has 3 aromatic heterocycles. The number of alkyl halides is 2. The van der Waals surface area contributed by atoms with E-state index in [-0.39, 0.29) is 41.6 Å². The van der Waals surface area contributed by atoms with Gasteiger partial charge in [-0.1, -0.05) is 18.3 Å². The summed E-state index contributed by atoms with van der Waals surface area (Å²) in [6, 6.07) is 1.49. The van der Waals surface area contributed by atoms with Crippen LogP contribution < -0.4 is 9.62 Å². The Bertz CT molecular complexity index is 1360. The smallest absolute Gasteiger partial charge is 0.291 e. The van der Waals surface area contributed by atoms with Gasteiger partial charge < -0.3 is 19.5 Å². The SMILES string of the molecule is CC[C@H]1CO[C@@H](CO)CN1c1cc(S(=O)(=O)NC2(C)COC2)cn2c(-c3nnc(C(F)F)s3)ncc12. The number of ether oxygens (including phenoxy) is 2. The molecule has 2 aliphatic heterocycles. The van der Waals surface area contributed by atoms with Crippen molar-refractivity contribution in [3.63, 3.8) is 0 Å². The van der Waals surface area contributed by atoms with Crippen LogP contribution in [0.1, 0.15) is 31.7 Å². The first kappa shape index (κ1) is 25.4. The number of nitrogens with zero attached hydrogens (tertiary/aromatic N) is 5. The van der Waals surface area contributed by atoms with E-state index in [9.17, 15) is 22.3 Å². The molecule has 3 aromatic rings. The Labute approximate surface area is 210 Å². The first-order valence-electron chi connectivity index (χ1n) is 11.4. The molecule has 2 atom stereocenters. The van der Waals surface area contributed by atoms with Gasteiger partial charge in [-0.3, -0.25) is 4.40 Å². The number of aliphatic hydroxyl groups is 1. The molecule has 0 aromatic carbocycles. The van der Waals surface area contributed by atoms with E-state index in [0.29, 0.717) is 42.1 Å². The molecule has 0 unspecified atom stereocenters. The molecule has 11 nitrogen and oxygen atoms in total. The number of aliphatic hydroxyl groups excluding tert-OH is 1. The van der Waals surface area contributed by atoms with Crippen LogP contribution in [0.2, 0.25) is 0 Å². The summed E-state index contributed by atoms with van der Waals surface area (Å²) < 4.78 is 68.4. The maximum Gasteiger partial charge on any atom is 0.291 e. The predicted molar refractivity (Wildman–Crippen MR) is 127 cm³/mol. The van der Waals surface area contributed by atoms with Crippen molar-refractivity contribution in [3.05, 3.63) is 23.5 Å². The average Bonchev–Trinajstić information content (AvgIpc) is 3.49. The van der Waals surface area contributed by atoms with E-state index >= 15 is 0 Å². The van der Waals surface area contributed by atoms with Crippen molar-refractivity contribution in [2.75, 3.05) is 37.9 Å². The minimum Gasteiger partial charge on any atom is -0.394 e. The topological polar surface area (TPSA) is 131 Å². The maximum absolute atomic E-state index is 13.4. The second-order valence-electron chi connectivity index (χ2n) is 9.16. The second-order valence-corrected chi connectivity index (χ2v) is 11.8. The lowest BCUT2D eigenvalue weighted by Gasteiger charge is -2.41. The highest BCUT2D eigenvalue weighted by Gasteiger charge is 2.39. The lowest BCUT2D eigenvalue weighted by atomic mass is 10.0. The van der Waals surface area contributed by atoms with Crippen LogP contribution in [0, 0.1) is 0 Å². The van der Waals surface area contributed by atoms with Gasteiger partial charge in [-0.2, -0.15) is 0 Å². The summed E-state index contributed by atoms with van der Waals surface area (Å²) in [5.41, 5.74) is 0.399. The third-order valence-corrected chi connectivity index (χ3v) is 8.83. The third-order valence-electron chi connectivity index (χ3n) is 6.30. The lowest BCUT2D eigenvalue weighted by Crippen LogP contribution is -2.59. The molecule has 0 radical (unpaired) electrons. The largest absolute Gasteiger partial charge is 0.394 e. The predicted octanol–water partition coefficient (Wildman–Crippen LogP) is 1.83. The number of halogens is 2. The number of imidazole rings is 1. The summed E-state index contributed by atoms with van der Waals surface area (Å²) in [7, 11) is -4.00. The summed E-state index contributed by atoms with van der Waals surface area (Å²) >= 11 is 0.696. The molecule has 0 bridgehead atoms. The van der Waals surface area contributed by atoms with E-state index in [4.69, 9.17) is 9.47 Å². The Morgan fingerprint density at radius 2 is 2.14 bits per heavy atom. The number of rotatable bonds is 8. The highest BCUT2D eigenvalue weighted by molar-refractivity contribution is 7.89. The fourth-order valence-electron chi connectivity index (χ4n) is 4.36. The van der Waals surface area contributed by atoms with Crippen molar-refractivity contribution in [1.82, 2.24) is 24.3 Å². The van der Waals surface area contributed by atoms with E-state index in [2.05, 4.69) is 19.9 Å². The molecule has 196 valence electrons. The number of pyridine rings is 1. The molecule has 5 rings (SSSR count). The van der Waals surface area contributed by atoms with Crippen LogP contribution in [0.5, 0.6) is 0 Å². The van der Waals surface area contributed by atoms with Crippen LogP contribution in [0.15, 0.2) is 23.4 Å². The van der Waals surface area contributed by atoms with Crippen molar-refractivity contribution in [2.45, 2.75) is 49.3 Å². The van der Waals surface area contributed by atoms with Crippen molar-refractivity contribution < 1.29 is 31.8 Å². The van der Waals surface area contributed by atoms with E-state index in [1.165, 1.54) is 10.6 Å². The number of morpholine rings is 1. The summed E-state index contributed by atoms with van der Waals surface area (Å²) in [6.45, 7) is 4.75. The van der Waals surface area contributed by atoms with Gasteiger partial charge in [-0.25, -0.2) is 26.9 Å². The van der Waals surface area contributed by atoms with Crippen LogP contribution in [0.4, 0.5) is 14.5 Å². The molecule has 0 saturated carbocycles. The lowest BCUT2D eigenvalue weighted by molar-refractivity contribution is -0.0523. The number of nitrogens with one attached hydrogen (secondary N) is 1. The number of sulfonamides is 1. The minimum atomic E-state index is -4.00. The molecule has 5 heterocycles. The van der Waals surface area contributed by atoms with Gasteiger partial charge in [-0.05, 0) is 19.4 Å². The number of aromatic nitrogens is 4. The highest BCUT2D eigenvalue weighted by atomic mass is 32.2. The van der Waals surface area contributed by atoms with Crippen molar-refractivity contribution in [1.29, 1.82) is 0 Å². The monoisotopic (exact) mass is 544 g/mol. The molecular weight excluding hydrogens is 518 g/mol. The first-order chi connectivity index (χ1) is 17.1. The number of hydrogen-bond acceptors (Lipinski definition) is 10. The van der Waals surface area contributed by atoms with Gasteiger partial charge in [0.05, 0.1) is 61.5 Å². The van der Waals surface area contributed by atoms with Crippen LogP contribution in [0.25, 0.3) is 16.3 Å². The Kier molecular flexibility index (Phi) is 6.72. The third kappa shape index (κ3) is 4.59. The molecule has 2 fully saturated rings. The van der Waals surface area contributed by atoms with Crippen LogP contribution >= 0.6 is 11.3 Å². The van der Waals surface area contributed by atoms with Gasteiger partial charge in [-0.15, -0.1) is 10.2 Å². The zero-order valence-electron chi connectivity index (χ0n) is 19.6. The van der Waals surface area contributed by atoms with E-state index in [1.54, 1.807) is 19.2 Å². The van der Waals surface area contributed by atoms with Crippen molar-refractivity contribution in [3.8, 4) is 10.8 Å². The van der Waals surface area contributed by atoms with Crippen LogP contribution in [-0.4, -0.2) is 83.8 Å². The van der Waals surface area contributed by atoms with Gasteiger partial charge in [0.15, 0.2) is 15.8 Å². The van der Waals surface area contributed by atoms with Gasteiger partial charge in [0.1, 0.15) is 4.90 Å². The molecule has 0 aliphatic carbocycles. The molecule has 0 amide bonds. The molecule has 36 heavy (non-hydrogen) atoms. The Morgan fingerprint density at radius 3 is 2.75 bits per heavy atom. The van der Waals surface area contributed by atoms with Gasteiger partial charge in [0, 0.05) is 12.7 Å². The summed E-state index contributed by atoms with van der Waals surface area (Å²) in [6.07, 6.45) is 0.439. The Morgan fingerprint density at radius 1 is 1.36 bits per heavy atom. The Balaban J connectivity index is 1.67. The molecule has 2 aliphatic rings. The van der Waals surface area contributed by atoms with Gasteiger partial charge in [0.25, 0.3) is 6.43 Å². The number of fused-ring (bicyclic) bond motifs is 1. The van der Waals surface area contributed by atoms with Crippen LogP contribution in [0.3, 0.4) is 0 Å². The van der Waals surface area contributed by atoms with Crippen molar-refractivity contribution in [2.24, 2.45) is 0 Å². The zero-order chi connectivity index (χ0) is 25.7. The standard InChI is InChI=1S/C21H26F2N6O5S2/c1-3-12-9-34-13(8-30)6-28(12)15-4-14(36(31,32)27-21(2)10-33-11-21)7-29-16(15)5-24-18(29)20-26-25-19(35-20)17(22)23/h4-5,7,12-13,17,27,30H,3,6,8-11H2,1-2H3/t12-,13+/m0/s1. The molecule has 0 spiro atoms. The quantitative estimate of drug-likeness (QED) is 0.436. The number of anilines is 1. The van der Waals surface area contributed by atoms with Gasteiger partial charge in [0.2, 0.25) is 10.0 Å². The second kappa shape index (κ2) is 9.54. The Hall–Kier alpha value is -2.30. The summed E-state index contributed by atoms with van der Waals surface area (Å²) in [5.74, 6) is 0.200. The zero-order valence-corrected chi connectivity index (χ0v) is 21.2. The average molecular weight is 545 g/mol. The van der Waals surface area contributed by atoms with E-state index in [0.717, 1.165) is 0 Å². The molecule has 15 heteroatoms. The van der Waals surface area contributed by atoms with E-state index in [1.807, 2.05) is 11.8 Å². The number of hydrogen-bond donors (Lipinski definition) is 2. The molecule has 2 N–H and O–H groups in total. The maximum atomic E-state index is 13.4.